The molecular formula is C11H21NO3. The molecular weight excluding hydrogens is 194 g/mol. The first kappa shape index (κ1) is 13.9. The van der Waals surface area contributed by atoms with Crippen LogP contribution in [0.1, 0.15) is 34.1 Å². The Bertz CT molecular complexity index is 236. The van der Waals surface area contributed by atoms with Gasteiger partial charge in [-0.1, -0.05) is 20.8 Å². The summed E-state index contributed by atoms with van der Waals surface area (Å²) in [4.78, 5) is 24.6. The van der Waals surface area contributed by atoms with Crippen molar-refractivity contribution in [1.82, 2.24) is 4.90 Å². The van der Waals surface area contributed by atoms with E-state index in [1.54, 1.807) is 0 Å². The Kier molecular flexibility index (Phi) is 5.33. The number of ether oxygens (including phenoxy) is 1. The minimum atomic E-state index is -0.413. The first-order valence-electron chi connectivity index (χ1n) is 5.25. The summed E-state index contributed by atoms with van der Waals surface area (Å²) in [5.74, 6) is -0.380. The maximum atomic E-state index is 12.0. The van der Waals surface area contributed by atoms with Crippen molar-refractivity contribution >= 4 is 11.9 Å². The zero-order chi connectivity index (χ0) is 12.1. The Morgan fingerprint density at radius 2 is 1.80 bits per heavy atom. The summed E-state index contributed by atoms with van der Waals surface area (Å²) in [6, 6.07) is 0. The molecule has 0 aromatic carbocycles. The van der Waals surface area contributed by atoms with Crippen LogP contribution in [0, 0.1) is 5.41 Å². The largest absolute Gasteiger partial charge is 0.468 e. The molecule has 0 aromatic rings. The Labute approximate surface area is 91.6 Å². The fourth-order valence-corrected chi connectivity index (χ4v) is 1.13. The van der Waals surface area contributed by atoms with E-state index in [9.17, 15) is 9.59 Å². The molecule has 0 bridgehead atoms. The zero-order valence-corrected chi connectivity index (χ0v) is 10.3. The predicted octanol–water partition coefficient (Wildman–Crippen LogP) is 1.44. The van der Waals surface area contributed by atoms with Crippen molar-refractivity contribution in [2.45, 2.75) is 34.1 Å². The molecule has 4 heteroatoms. The molecule has 0 aliphatic rings. The monoisotopic (exact) mass is 215 g/mol. The normalized spacial score (nSPS) is 11.0. The molecule has 0 fully saturated rings. The molecule has 15 heavy (non-hydrogen) atoms. The number of esters is 1. The van der Waals surface area contributed by atoms with Gasteiger partial charge in [-0.15, -0.1) is 0 Å². The van der Waals surface area contributed by atoms with Crippen molar-refractivity contribution in [3.05, 3.63) is 0 Å². The van der Waals surface area contributed by atoms with Crippen LogP contribution >= 0.6 is 0 Å². The van der Waals surface area contributed by atoms with Crippen molar-refractivity contribution in [3.8, 4) is 0 Å². The van der Waals surface area contributed by atoms with Crippen molar-refractivity contribution in [2.24, 2.45) is 5.41 Å². The van der Waals surface area contributed by atoms with E-state index < -0.39 is 5.41 Å². The fraction of sp³-hybridized carbons (Fsp3) is 0.818. The van der Waals surface area contributed by atoms with Gasteiger partial charge in [-0.05, 0) is 13.3 Å². The average Bonchev–Trinajstić information content (AvgIpc) is 2.24. The number of hydrogen-bond donors (Lipinski definition) is 0. The third-order valence-electron chi connectivity index (χ3n) is 2.68. The van der Waals surface area contributed by atoms with Gasteiger partial charge in [0.15, 0.2) is 0 Å². The van der Waals surface area contributed by atoms with Crippen molar-refractivity contribution in [1.29, 1.82) is 0 Å². The van der Waals surface area contributed by atoms with Gasteiger partial charge in [-0.3, -0.25) is 9.59 Å². The van der Waals surface area contributed by atoms with E-state index in [-0.39, 0.29) is 18.4 Å². The highest BCUT2D eigenvalue weighted by Crippen LogP contribution is 2.22. The average molecular weight is 215 g/mol. The van der Waals surface area contributed by atoms with Crippen LogP contribution in [0.15, 0.2) is 0 Å². The fourth-order valence-electron chi connectivity index (χ4n) is 1.13. The Hall–Kier alpha value is -1.06. The van der Waals surface area contributed by atoms with Crippen LogP contribution in [0.25, 0.3) is 0 Å². The number of likely N-dealkylation sites (N-methyl/N-ethyl adjacent to an activating group) is 1. The van der Waals surface area contributed by atoms with Gasteiger partial charge in [-0.2, -0.15) is 0 Å². The molecule has 0 N–H and O–H groups in total. The molecule has 0 aliphatic heterocycles. The molecule has 1 amide bonds. The van der Waals surface area contributed by atoms with Gasteiger partial charge >= 0.3 is 5.97 Å². The molecule has 0 atom stereocenters. The lowest BCUT2D eigenvalue weighted by molar-refractivity contribution is -0.150. The number of rotatable bonds is 5. The molecule has 0 saturated heterocycles. The lowest BCUT2D eigenvalue weighted by Crippen LogP contribution is -2.43. The van der Waals surface area contributed by atoms with E-state index in [0.717, 1.165) is 6.42 Å². The molecule has 0 saturated carbocycles. The maximum Gasteiger partial charge on any atom is 0.325 e. The number of carbonyl (C=O) groups excluding carboxylic acids is 2. The number of amides is 1. The van der Waals surface area contributed by atoms with E-state index in [0.29, 0.717) is 6.54 Å². The van der Waals surface area contributed by atoms with Crippen molar-refractivity contribution in [2.75, 3.05) is 20.2 Å². The van der Waals surface area contributed by atoms with Crippen LogP contribution in [0.4, 0.5) is 0 Å². The van der Waals surface area contributed by atoms with E-state index in [2.05, 4.69) is 4.74 Å². The first-order chi connectivity index (χ1) is 6.88. The Morgan fingerprint density at radius 1 is 1.27 bits per heavy atom. The molecule has 4 nitrogen and oxygen atoms in total. The molecule has 0 heterocycles. The summed E-state index contributed by atoms with van der Waals surface area (Å²) in [5, 5.41) is 0. The van der Waals surface area contributed by atoms with Crippen LogP contribution in [0.5, 0.6) is 0 Å². The summed E-state index contributed by atoms with van der Waals surface area (Å²) in [6.45, 7) is 8.15. The predicted molar refractivity (Wildman–Crippen MR) is 58.3 cm³/mol. The Morgan fingerprint density at radius 3 is 2.13 bits per heavy atom. The SMILES string of the molecule is CCN(CC(=O)OC)C(=O)C(C)(C)CC. The number of nitrogens with zero attached hydrogens (tertiary/aromatic N) is 1. The molecule has 0 spiro atoms. The van der Waals surface area contributed by atoms with Crippen LogP contribution in [0.2, 0.25) is 0 Å². The molecule has 0 radical (unpaired) electrons. The van der Waals surface area contributed by atoms with Crippen molar-refractivity contribution < 1.29 is 14.3 Å². The number of carbonyl (C=O) groups is 2. The zero-order valence-electron chi connectivity index (χ0n) is 10.3. The third-order valence-corrected chi connectivity index (χ3v) is 2.68. The lowest BCUT2D eigenvalue weighted by Gasteiger charge is -2.29. The maximum absolute atomic E-state index is 12.0. The lowest BCUT2D eigenvalue weighted by atomic mass is 9.88. The number of methoxy groups -OCH3 is 1. The van der Waals surface area contributed by atoms with Gasteiger partial charge in [0.05, 0.1) is 7.11 Å². The van der Waals surface area contributed by atoms with E-state index in [1.165, 1.54) is 12.0 Å². The van der Waals surface area contributed by atoms with Gasteiger partial charge in [0.1, 0.15) is 6.54 Å². The number of hydrogen-bond acceptors (Lipinski definition) is 3. The topological polar surface area (TPSA) is 46.6 Å². The van der Waals surface area contributed by atoms with Gasteiger partial charge in [0.2, 0.25) is 5.91 Å². The highest BCUT2D eigenvalue weighted by atomic mass is 16.5. The molecule has 0 unspecified atom stereocenters. The van der Waals surface area contributed by atoms with Gasteiger partial charge in [0, 0.05) is 12.0 Å². The van der Waals surface area contributed by atoms with E-state index >= 15 is 0 Å². The van der Waals surface area contributed by atoms with Crippen LogP contribution in [0.3, 0.4) is 0 Å². The quantitative estimate of drug-likeness (QED) is 0.652. The van der Waals surface area contributed by atoms with Crippen LogP contribution in [-0.2, 0) is 14.3 Å². The summed E-state index contributed by atoms with van der Waals surface area (Å²) in [5.41, 5.74) is -0.413. The summed E-state index contributed by atoms with van der Waals surface area (Å²) in [7, 11) is 1.33. The Balaban J connectivity index is 4.54. The smallest absolute Gasteiger partial charge is 0.325 e. The standard InChI is InChI=1S/C11H21NO3/c1-6-11(3,4)10(14)12(7-2)8-9(13)15-5/h6-8H2,1-5H3. The minimum absolute atomic E-state index is 0.00194. The molecule has 0 rings (SSSR count). The summed E-state index contributed by atoms with van der Waals surface area (Å²) < 4.78 is 4.55. The van der Waals surface area contributed by atoms with E-state index in [4.69, 9.17) is 0 Å². The summed E-state index contributed by atoms with van der Waals surface area (Å²) in [6.07, 6.45) is 0.753. The third kappa shape index (κ3) is 3.90. The van der Waals surface area contributed by atoms with Gasteiger partial charge < -0.3 is 9.64 Å². The second-order valence-electron chi connectivity index (χ2n) is 4.13. The minimum Gasteiger partial charge on any atom is -0.468 e. The highest BCUT2D eigenvalue weighted by Gasteiger charge is 2.30. The van der Waals surface area contributed by atoms with Gasteiger partial charge in [0.25, 0.3) is 0 Å². The van der Waals surface area contributed by atoms with Crippen molar-refractivity contribution in [3.63, 3.8) is 0 Å². The molecule has 88 valence electrons. The second kappa shape index (κ2) is 5.73. The van der Waals surface area contributed by atoms with Crippen LogP contribution < -0.4 is 0 Å². The molecule has 0 aromatic heterocycles. The summed E-state index contributed by atoms with van der Waals surface area (Å²) >= 11 is 0. The van der Waals surface area contributed by atoms with E-state index in [1.807, 2.05) is 27.7 Å². The van der Waals surface area contributed by atoms with Crippen LogP contribution in [-0.4, -0.2) is 37.0 Å². The molecule has 0 aliphatic carbocycles. The second-order valence-corrected chi connectivity index (χ2v) is 4.13. The first-order valence-corrected chi connectivity index (χ1v) is 5.25. The van der Waals surface area contributed by atoms with Gasteiger partial charge in [-0.25, -0.2) is 0 Å². The highest BCUT2D eigenvalue weighted by molar-refractivity contribution is 5.85.